The highest BCUT2D eigenvalue weighted by Gasteiger charge is 2.44. The minimum atomic E-state index is -0.993. The monoisotopic (exact) mass is 436 g/mol. The Hall–Kier alpha value is -2.74. The molecule has 2 atom stereocenters. The summed E-state index contributed by atoms with van der Waals surface area (Å²) in [6.45, 7) is 7.19. The fourth-order valence-electron chi connectivity index (χ4n) is 3.41. The summed E-state index contributed by atoms with van der Waals surface area (Å²) in [4.78, 5) is 41.3. The number of nitrogens with zero attached hydrogens (tertiary/aromatic N) is 2. The van der Waals surface area contributed by atoms with Gasteiger partial charge in [0.05, 0.1) is 23.0 Å². The average Bonchev–Trinajstić information content (AvgIpc) is 2.69. The van der Waals surface area contributed by atoms with Gasteiger partial charge in [0.25, 0.3) is 5.69 Å². The van der Waals surface area contributed by atoms with Crippen LogP contribution in [-0.4, -0.2) is 41.7 Å². The third-order valence-electron chi connectivity index (χ3n) is 4.64. The number of hydrogen-bond donors (Lipinski definition) is 0. The normalized spacial score (nSPS) is 18.8. The summed E-state index contributed by atoms with van der Waals surface area (Å²) in [6.07, 6.45) is 0. The summed E-state index contributed by atoms with van der Waals surface area (Å²) in [5.74, 6) is -3.07. The second-order valence-electron chi connectivity index (χ2n) is 7.37. The molecule has 0 saturated carbocycles. The van der Waals surface area contributed by atoms with Crippen molar-refractivity contribution in [2.75, 3.05) is 19.1 Å². The second-order valence-corrected chi connectivity index (χ2v) is 7.75. The molecule has 1 aromatic rings. The van der Waals surface area contributed by atoms with Crippen LogP contribution in [0.2, 0.25) is 0 Å². The van der Waals surface area contributed by atoms with Crippen molar-refractivity contribution in [2.45, 2.75) is 33.6 Å². The number of esters is 2. The maximum Gasteiger partial charge on any atom is 0.336 e. The van der Waals surface area contributed by atoms with Crippen LogP contribution < -0.4 is 0 Å². The lowest BCUT2D eigenvalue weighted by atomic mass is 9.75. The van der Waals surface area contributed by atoms with Gasteiger partial charge in [-0.1, -0.05) is 32.0 Å². The fourth-order valence-corrected chi connectivity index (χ4v) is 3.49. The third kappa shape index (κ3) is 5.24. The van der Waals surface area contributed by atoms with Gasteiger partial charge in [-0.2, -0.15) is 0 Å². The Morgan fingerprint density at radius 1 is 1.23 bits per heavy atom. The van der Waals surface area contributed by atoms with Crippen molar-refractivity contribution in [3.63, 3.8) is 0 Å². The largest absolute Gasteiger partial charge is 0.465 e. The molecule has 30 heavy (non-hydrogen) atoms. The molecule has 2 rings (SSSR count). The van der Waals surface area contributed by atoms with E-state index in [9.17, 15) is 19.7 Å². The van der Waals surface area contributed by atoms with Crippen LogP contribution in [0.1, 0.15) is 39.2 Å². The van der Waals surface area contributed by atoms with Gasteiger partial charge in [0.2, 0.25) is 0 Å². The number of benzene rings is 1. The number of rotatable bonds is 8. The topological polar surface area (TPSA) is 108 Å². The molecule has 0 bridgehead atoms. The highest BCUT2D eigenvalue weighted by atomic mass is 35.5. The summed E-state index contributed by atoms with van der Waals surface area (Å²) < 4.78 is 10.6. The Bertz CT molecular complexity index is 893. The summed E-state index contributed by atoms with van der Waals surface area (Å²) in [5, 5.41) is 11.7. The smallest absolute Gasteiger partial charge is 0.336 e. The number of hydrogen-bond acceptors (Lipinski definition) is 7. The Balaban J connectivity index is 2.64. The predicted molar refractivity (Wildman–Crippen MR) is 113 cm³/mol. The van der Waals surface area contributed by atoms with Gasteiger partial charge in [-0.05, 0) is 19.8 Å². The van der Waals surface area contributed by atoms with Crippen LogP contribution >= 0.6 is 11.6 Å². The lowest BCUT2D eigenvalue weighted by Crippen LogP contribution is -2.37. The molecule has 0 aliphatic carbocycles. The Labute approximate surface area is 180 Å². The summed E-state index contributed by atoms with van der Waals surface area (Å²) in [7, 11) is 0. The number of aliphatic imine (C=N–C) groups is 1. The van der Waals surface area contributed by atoms with Crippen LogP contribution in [-0.2, 0) is 19.1 Å². The van der Waals surface area contributed by atoms with Crippen LogP contribution in [0.15, 0.2) is 40.5 Å². The SMILES string of the molecule is CC1=NC(C)=C(C(=O)OCCCl)C(c2ccccc2[N+](=O)[O-])C1C(=O)OCC(C)C. The molecule has 1 aliphatic rings. The van der Waals surface area contributed by atoms with E-state index in [4.69, 9.17) is 21.1 Å². The summed E-state index contributed by atoms with van der Waals surface area (Å²) >= 11 is 5.63. The van der Waals surface area contributed by atoms with Crippen LogP contribution in [0, 0.1) is 22.0 Å². The molecule has 2 unspecified atom stereocenters. The first-order chi connectivity index (χ1) is 14.2. The molecule has 0 saturated heterocycles. The number of nitro groups is 1. The van der Waals surface area contributed by atoms with Crippen molar-refractivity contribution in [1.82, 2.24) is 0 Å². The first kappa shape index (κ1) is 23.5. The first-order valence-corrected chi connectivity index (χ1v) is 10.1. The second kappa shape index (κ2) is 10.3. The molecular formula is C21H25ClN2O6. The highest BCUT2D eigenvalue weighted by Crippen LogP contribution is 2.43. The molecule has 1 aliphatic heterocycles. The molecule has 8 nitrogen and oxygen atoms in total. The Morgan fingerprint density at radius 3 is 2.50 bits per heavy atom. The summed E-state index contributed by atoms with van der Waals surface area (Å²) in [5.41, 5.74) is 0.864. The molecule has 0 radical (unpaired) electrons. The molecule has 1 heterocycles. The zero-order valence-corrected chi connectivity index (χ0v) is 18.1. The third-order valence-corrected chi connectivity index (χ3v) is 4.79. The van der Waals surface area contributed by atoms with E-state index in [0.29, 0.717) is 11.4 Å². The minimum Gasteiger partial charge on any atom is -0.465 e. The van der Waals surface area contributed by atoms with E-state index in [-0.39, 0.29) is 41.8 Å². The molecular weight excluding hydrogens is 412 g/mol. The van der Waals surface area contributed by atoms with E-state index in [1.165, 1.54) is 18.2 Å². The van der Waals surface area contributed by atoms with Gasteiger partial charge in [-0.15, -0.1) is 11.6 Å². The molecule has 1 aromatic carbocycles. The molecule has 0 amide bonds. The quantitative estimate of drug-likeness (QED) is 0.263. The lowest BCUT2D eigenvalue weighted by molar-refractivity contribution is -0.385. The van der Waals surface area contributed by atoms with E-state index in [0.717, 1.165) is 0 Å². The van der Waals surface area contributed by atoms with Crippen molar-refractivity contribution in [1.29, 1.82) is 0 Å². The number of ether oxygens (including phenoxy) is 2. The van der Waals surface area contributed by atoms with Crippen LogP contribution in [0.5, 0.6) is 0 Å². The maximum atomic E-state index is 13.0. The average molecular weight is 437 g/mol. The number of alkyl halides is 1. The van der Waals surface area contributed by atoms with Crippen molar-refractivity contribution in [3.05, 3.63) is 51.2 Å². The van der Waals surface area contributed by atoms with Crippen LogP contribution in [0.4, 0.5) is 5.69 Å². The van der Waals surface area contributed by atoms with Gasteiger partial charge >= 0.3 is 11.9 Å². The molecule has 0 aromatic heterocycles. The van der Waals surface area contributed by atoms with Crippen molar-refractivity contribution >= 4 is 34.9 Å². The zero-order valence-electron chi connectivity index (χ0n) is 17.4. The zero-order chi connectivity index (χ0) is 22.4. The molecule has 0 N–H and O–H groups in total. The number of halogens is 1. The van der Waals surface area contributed by atoms with Crippen molar-refractivity contribution < 1.29 is 24.0 Å². The van der Waals surface area contributed by atoms with Crippen LogP contribution in [0.25, 0.3) is 0 Å². The molecule has 9 heteroatoms. The van der Waals surface area contributed by atoms with Crippen molar-refractivity contribution in [2.24, 2.45) is 16.8 Å². The van der Waals surface area contributed by atoms with Gasteiger partial charge in [-0.25, -0.2) is 4.79 Å². The van der Waals surface area contributed by atoms with E-state index in [1.807, 2.05) is 13.8 Å². The molecule has 0 fully saturated rings. The minimum absolute atomic E-state index is 0.0358. The van der Waals surface area contributed by atoms with Gasteiger partial charge < -0.3 is 9.47 Å². The summed E-state index contributed by atoms with van der Waals surface area (Å²) in [6, 6.07) is 6.02. The molecule has 0 spiro atoms. The van der Waals surface area contributed by atoms with Crippen molar-refractivity contribution in [3.8, 4) is 0 Å². The highest BCUT2D eigenvalue weighted by molar-refractivity contribution is 6.18. The van der Waals surface area contributed by atoms with E-state index in [1.54, 1.807) is 19.9 Å². The Morgan fingerprint density at radius 2 is 1.90 bits per heavy atom. The van der Waals surface area contributed by atoms with Gasteiger partial charge in [0, 0.05) is 29.0 Å². The first-order valence-electron chi connectivity index (χ1n) is 9.58. The molecule has 162 valence electrons. The van der Waals surface area contributed by atoms with Gasteiger partial charge in [0.15, 0.2) is 0 Å². The Kier molecular flexibility index (Phi) is 8.11. The number of allylic oxidation sites excluding steroid dienone is 1. The van der Waals surface area contributed by atoms with Crippen LogP contribution in [0.3, 0.4) is 0 Å². The van der Waals surface area contributed by atoms with E-state index >= 15 is 0 Å². The fraction of sp³-hybridized carbons (Fsp3) is 0.476. The standard InChI is InChI=1S/C21H25ClN2O6/c1-12(2)11-30-21(26)18-14(4)23-13(3)17(20(25)29-10-9-22)19(18)15-7-5-6-8-16(15)24(27)28/h5-8,12,18-19H,9-11H2,1-4H3. The number of para-hydroxylation sites is 1. The maximum absolute atomic E-state index is 13.0. The lowest BCUT2D eigenvalue weighted by Gasteiger charge is -2.31. The van der Waals surface area contributed by atoms with Gasteiger partial charge in [-0.3, -0.25) is 19.9 Å². The number of nitro benzene ring substituents is 1. The van der Waals surface area contributed by atoms with E-state index < -0.39 is 28.7 Å². The van der Waals surface area contributed by atoms with Gasteiger partial charge in [0.1, 0.15) is 12.5 Å². The number of carbonyl (C=O) groups excluding carboxylic acids is 2. The number of carbonyl (C=O) groups is 2. The van der Waals surface area contributed by atoms with E-state index in [2.05, 4.69) is 4.99 Å². The predicted octanol–water partition coefficient (Wildman–Crippen LogP) is 4.02.